The summed E-state index contributed by atoms with van der Waals surface area (Å²) in [5.41, 5.74) is 0. The van der Waals surface area contributed by atoms with Gasteiger partial charge in [-0.2, -0.15) is 0 Å². The molecule has 0 saturated carbocycles. The third-order valence-corrected chi connectivity index (χ3v) is 2.19. The van der Waals surface area contributed by atoms with Crippen LogP contribution in [0.25, 0.3) is 5.32 Å². The van der Waals surface area contributed by atoms with Gasteiger partial charge in [-0.15, -0.1) is 13.1 Å². The molecule has 0 bridgehead atoms. The summed E-state index contributed by atoms with van der Waals surface area (Å²) in [4.78, 5) is 4.72. The van der Waals surface area contributed by atoms with E-state index < -0.39 is 0 Å². The maximum Gasteiger partial charge on any atom is 0.0500 e. The molecule has 75 valence electrons. The van der Waals surface area contributed by atoms with Crippen LogP contribution < -0.4 is 0 Å². The fourth-order valence-corrected chi connectivity index (χ4v) is 1.57. The first-order chi connectivity index (χ1) is 5.79. The number of hydrogen-bond donors (Lipinski definition) is 0. The van der Waals surface area contributed by atoms with Crippen LogP contribution in [0.2, 0.25) is 0 Å². The van der Waals surface area contributed by atoms with Gasteiger partial charge in [0.05, 0.1) is 6.67 Å². The van der Waals surface area contributed by atoms with Crippen LogP contribution in [0, 0.1) is 0 Å². The summed E-state index contributed by atoms with van der Waals surface area (Å²) in [5.74, 6) is 0. The second-order valence-corrected chi connectivity index (χ2v) is 3.68. The van der Waals surface area contributed by atoms with E-state index >= 15 is 0 Å². The molecule has 0 aromatic carbocycles. The number of rotatable bonds is 0. The van der Waals surface area contributed by atoms with Crippen LogP contribution in [-0.4, -0.2) is 56.7 Å². The molecule has 1 radical (unpaired) electrons. The van der Waals surface area contributed by atoms with Crippen LogP contribution in [0.1, 0.15) is 12.8 Å². The van der Waals surface area contributed by atoms with Crippen molar-refractivity contribution in [3.05, 3.63) is 5.32 Å². The third kappa shape index (κ3) is 6.98. The van der Waals surface area contributed by atoms with Crippen LogP contribution in [0.4, 0.5) is 0 Å². The standard InChI is InChI=1S/C9H20N3.Y/c1-11-7-3-5-10-6-4-8-12(2)9-11;/h3-9H2,1-2H3;/q-1;. The van der Waals surface area contributed by atoms with E-state index in [1.807, 2.05) is 0 Å². The van der Waals surface area contributed by atoms with Crippen molar-refractivity contribution < 1.29 is 32.7 Å². The van der Waals surface area contributed by atoms with E-state index in [-0.39, 0.29) is 32.7 Å². The topological polar surface area (TPSA) is 20.6 Å². The zero-order valence-electron chi connectivity index (χ0n) is 8.87. The fourth-order valence-electron chi connectivity index (χ4n) is 1.57. The van der Waals surface area contributed by atoms with E-state index in [2.05, 4.69) is 29.2 Å². The molecule has 0 unspecified atom stereocenters. The van der Waals surface area contributed by atoms with Gasteiger partial charge >= 0.3 is 0 Å². The first-order valence-electron chi connectivity index (χ1n) is 4.79. The molecule has 0 spiro atoms. The van der Waals surface area contributed by atoms with Crippen LogP contribution in [0.3, 0.4) is 0 Å². The molecule has 1 aliphatic rings. The number of hydrogen-bond acceptors (Lipinski definition) is 2. The van der Waals surface area contributed by atoms with E-state index in [0.717, 1.165) is 19.8 Å². The predicted molar refractivity (Wildman–Crippen MR) is 52.5 cm³/mol. The van der Waals surface area contributed by atoms with Crippen LogP contribution in [0.15, 0.2) is 0 Å². The molecule has 0 aromatic rings. The van der Waals surface area contributed by atoms with Gasteiger partial charge in [-0.05, 0) is 27.2 Å². The predicted octanol–water partition coefficient (Wildman–Crippen LogP) is 0.973. The molecule has 1 saturated heterocycles. The largest absolute Gasteiger partial charge is 0.662 e. The Kier molecular flexibility index (Phi) is 8.93. The van der Waals surface area contributed by atoms with Gasteiger partial charge in [0, 0.05) is 32.7 Å². The smallest absolute Gasteiger partial charge is 0.0500 e. The van der Waals surface area contributed by atoms with Crippen molar-refractivity contribution in [2.75, 3.05) is 46.9 Å². The fraction of sp³-hybridized carbons (Fsp3) is 1.00. The average Bonchev–Trinajstić information content (AvgIpc) is 2.02. The minimum absolute atomic E-state index is 0. The van der Waals surface area contributed by atoms with Gasteiger partial charge < -0.3 is 5.32 Å². The van der Waals surface area contributed by atoms with Gasteiger partial charge in [-0.1, -0.05) is 12.8 Å². The second kappa shape index (κ2) is 8.31. The first kappa shape index (κ1) is 14.0. The average molecular weight is 259 g/mol. The summed E-state index contributed by atoms with van der Waals surface area (Å²) in [6.07, 6.45) is 2.43. The summed E-state index contributed by atoms with van der Waals surface area (Å²) in [6, 6.07) is 0. The van der Waals surface area contributed by atoms with Crippen LogP contribution in [-0.2, 0) is 32.7 Å². The molecule has 1 fully saturated rings. The molecular formula is C9H20N3Y-. The van der Waals surface area contributed by atoms with Gasteiger partial charge in [-0.25, -0.2) is 0 Å². The van der Waals surface area contributed by atoms with Crippen molar-refractivity contribution in [1.82, 2.24) is 9.80 Å². The zero-order chi connectivity index (χ0) is 8.81. The quantitative estimate of drug-likeness (QED) is 0.646. The van der Waals surface area contributed by atoms with E-state index in [9.17, 15) is 0 Å². The van der Waals surface area contributed by atoms with E-state index in [1.165, 1.54) is 25.9 Å². The van der Waals surface area contributed by atoms with Crippen molar-refractivity contribution >= 4 is 0 Å². The minimum atomic E-state index is 0. The summed E-state index contributed by atoms with van der Waals surface area (Å²) >= 11 is 0. The van der Waals surface area contributed by atoms with Crippen LogP contribution in [0.5, 0.6) is 0 Å². The van der Waals surface area contributed by atoms with Crippen molar-refractivity contribution in [2.45, 2.75) is 12.8 Å². The van der Waals surface area contributed by atoms with Gasteiger partial charge in [0.15, 0.2) is 0 Å². The molecule has 1 aliphatic heterocycles. The maximum atomic E-state index is 4.45. The Labute approximate surface area is 107 Å². The molecule has 0 aromatic heterocycles. The first-order valence-corrected chi connectivity index (χ1v) is 4.79. The van der Waals surface area contributed by atoms with Crippen LogP contribution >= 0.6 is 0 Å². The maximum absolute atomic E-state index is 4.45. The molecule has 0 atom stereocenters. The normalized spacial score (nSPS) is 23.5. The molecule has 0 amide bonds. The molecule has 0 aliphatic carbocycles. The molecule has 1 heterocycles. The van der Waals surface area contributed by atoms with E-state index in [1.54, 1.807) is 0 Å². The van der Waals surface area contributed by atoms with Gasteiger partial charge in [-0.3, -0.25) is 9.80 Å². The second-order valence-electron chi connectivity index (χ2n) is 3.68. The Bertz CT molecular complexity index is 109. The molecule has 4 heteroatoms. The Hall–Kier alpha value is 0.984. The monoisotopic (exact) mass is 259 g/mol. The minimum Gasteiger partial charge on any atom is -0.662 e. The summed E-state index contributed by atoms with van der Waals surface area (Å²) in [5, 5.41) is 4.45. The molecule has 0 N–H and O–H groups in total. The van der Waals surface area contributed by atoms with E-state index in [0.29, 0.717) is 0 Å². The molecular weight excluding hydrogens is 239 g/mol. The van der Waals surface area contributed by atoms with Gasteiger partial charge in [0.25, 0.3) is 0 Å². The molecule has 3 nitrogen and oxygen atoms in total. The summed E-state index contributed by atoms with van der Waals surface area (Å²) in [7, 11) is 4.36. The van der Waals surface area contributed by atoms with Crippen molar-refractivity contribution in [3.8, 4) is 0 Å². The van der Waals surface area contributed by atoms with Crippen molar-refractivity contribution in [1.29, 1.82) is 0 Å². The van der Waals surface area contributed by atoms with E-state index in [4.69, 9.17) is 0 Å². The molecule has 1 rings (SSSR count). The zero-order valence-corrected chi connectivity index (χ0v) is 11.7. The number of nitrogens with zero attached hydrogens (tertiary/aromatic N) is 3. The van der Waals surface area contributed by atoms with Crippen molar-refractivity contribution in [2.24, 2.45) is 0 Å². The summed E-state index contributed by atoms with van der Waals surface area (Å²) in [6.45, 7) is 5.55. The molecule has 13 heavy (non-hydrogen) atoms. The Balaban J connectivity index is 0.00000144. The SMILES string of the molecule is CN1CCC[N-]CCCN(C)C1.[Y]. The summed E-state index contributed by atoms with van der Waals surface area (Å²) < 4.78 is 0. The Morgan fingerprint density at radius 3 is 1.85 bits per heavy atom. The van der Waals surface area contributed by atoms with Gasteiger partial charge in [0.1, 0.15) is 0 Å². The Morgan fingerprint density at radius 1 is 0.923 bits per heavy atom. The Morgan fingerprint density at radius 2 is 1.38 bits per heavy atom. The third-order valence-electron chi connectivity index (χ3n) is 2.19. The van der Waals surface area contributed by atoms with Crippen molar-refractivity contribution in [3.63, 3.8) is 0 Å². The van der Waals surface area contributed by atoms with Gasteiger partial charge in [0.2, 0.25) is 0 Å².